The van der Waals surface area contributed by atoms with Gasteiger partial charge in [-0.15, -0.1) is 0 Å². The van der Waals surface area contributed by atoms with Gasteiger partial charge in [0.1, 0.15) is 5.76 Å². The summed E-state index contributed by atoms with van der Waals surface area (Å²) in [5.41, 5.74) is 2.91. The molecule has 0 aliphatic carbocycles. The SMILES string of the molecule is CC(=O)NC1CN(C(=O)c2ccoc2C)CC1c1ccc(C)cc1. The summed E-state index contributed by atoms with van der Waals surface area (Å²) in [6.45, 7) is 6.42. The summed E-state index contributed by atoms with van der Waals surface area (Å²) >= 11 is 0. The Morgan fingerprint density at radius 1 is 1.12 bits per heavy atom. The number of benzene rings is 1. The zero-order chi connectivity index (χ0) is 17.3. The fraction of sp³-hybridized carbons (Fsp3) is 0.368. The van der Waals surface area contributed by atoms with Crippen molar-refractivity contribution in [3.8, 4) is 0 Å². The lowest BCUT2D eigenvalue weighted by Crippen LogP contribution is -2.39. The van der Waals surface area contributed by atoms with Gasteiger partial charge in [-0.3, -0.25) is 9.59 Å². The Morgan fingerprint density at radius 2 is 1.83 bits per heavy atom. The highest BCUT2D eigenvalue weighted by Crippen LogP contribution is 2.29. The van der Waals surface area contributed by atoms with E-state index in [0.717, 1.165) is 5.56 Å². The van der Waals surface area contributed by atoms with E-state index >= 15 is 0 Å². The number of hydrogen-bond donors (Lipinski definition) is 1. The van der Waals surface area contributed by atoms with Crippen molar-refractivity contribution in [1.29, 1.82) is 0 Å². The number of amides is 2. The van der Waals surface area contributed by atoms with E-state index < -0.39 is 0 Å². The predicted octanol–water partition coefficient (Wildman–Crippen LogP) is 2.64. The minimum absolute atomic E-state index is 0.0498. The van der Waals surface area contributed by atoms with Crippen LogP contribution in [0.5, 0.6) is 0 Å². The molecule has 1 saturated heterocycles. The maximum Gasteiger partial charge on any atom is 0.257 e. The maximum absolute atomic E-state index is 12.7. The molecule has 1 fully saturated rings. The van der Waals surface area contributed by atoms with Gasteiger partial charge in [-0.2, -0.15) is 0 Å². The van der Waals surface area contributed by atoms with Crippen molar-refractivity contribution < 1.29 is 14.0 Å². The van der Waals surface area contributed by atoms with E-state index in [1.165, 1.54) is 18.8 Å². The smallest absolute Gasteiger partial charge is 0.257 e. The Balaban J connectivity index is 1.85. The molecule has 0 radical (unpaired) electrons. The fourth-order valence-corrected chi connectivity index (χ4v) is 3.31. The summed E-state index contributed by atoms with van der Waals surface area (Å²) in [6, 6.07) is 9.89. The first-order valence-electron chi connectivity index (χ1n) is 8.12. The van der Waals surface area contributed by atoms with Gasteiger partial charge in [0, 0.05) is 25.9 Å². The quantitative estimate of drug-likeness (QED) is 0.943. The van der Waals surface area contributed by atoms with Crippen LogP contribution in [0.2, 0.25) is 0 Å². The molecule has 2 heterocycles. The molecular weight excluding hydrogens is 304 g/mol. The van der Waals surface area contributed by atoms with Gasteiger partial charge >= 0.3 is 0 Å². The van der Waals surface area contributed by atoms with Crippen LogP contribution in [0.4, 0.5) is 0 Å². The average molecular weight is 326 g/mol. The van der Waals surface area contributed by atoms with Gasteiger partial charge in [0.25, 0.3) is 5.91 Å². The second kappa shape index (κ2) is 6.51. The van der Waals surface area contributed by atoms with E-state index in [0.29, 0.717) is 24.4 Å². The minimum atomic E-state index is -0.0821. The van der Waals surface area contributed by atoms with Gasteiger partial charge in [-0.25, -0.2) is 0 Å². The topological polar surface area (TPSA) is 62.6 Å². The molecule has 2 amide bonds. The molecule has 1 aliphatic rings. The molecule has 1 aliphatic heterocycles. The number of carbonyl (C=O) groups is 2. The molecule has 5 nitrogen and oxygen atoms in total. The molecule has 2 atom stereocenters. The second-order valence-corrected chi connectivity index (χ2v) is 6.42. The van der Waals surface area contributed by atoms with Crippen molar-refractivity contribution >= 4 is 11.8 Å². The van der Waals surface area contributed by atoms with Gasteiger partial charge in [-0.05, 0) is 25.5 Å². The molecule has 0 saturated carbocycles. The third kappa shape index (κ3) is 3.20. The van der Waals surface area contributed by atoms with Gasteiger partial charge in [0.15, 0.2) is 0 Å². The van der Waals surface area contributed by atoms with E-state index in [-0.39, 0.29) is 23.8 Å². The van der Waals surface area contributed by atoms with Crippen LogP contribution in [-0.4, -0.2) is 35.8 Å². The average Bonchev–Trinajstić information content (AvgIpc) is 3.13. The van der Waals surface area contributed by atoms with Crippen molar-refractivity contribution in [2.24, 2.45) is 0 Å². The molecule has 5 heteroatoms. The van der Waals surface area contributed by atoms with Crippen molar-refractivity contribution in [3.63, 3.8) is 0 Å². The Kier molecular flexibility index (Phi) is 4.42. The monoisotopic (exact) mass is 326 g/mol. The molecule has 0 bridgehead atoms. The molecule has 1 aromatic heterocycles. The zero-order valence-corrected chi connectivity index (χ0v) is 14.2. The van der Waals surface area contributed by atoms with Crippen LogP contribution in [0.1, 0.15) is 40.1 Å². The first kappa shape index (κ1) is 16.3. The predicted molar refractivity (Wildman–Crippen MR) is 90.9 cm³/mol. The van der Waals surface area contributed by atoms with Crippen molar-refractivity contribution in [3.05, 3.63) is 59.0 Å². The fourth-order valence-electron chi connectivity index (χ4n) is 3.31. The summed E-state index contributed by atoms with van der Waals surface area (Å²) in [4.78, 5) is 26.1. The number of nitrogens with zero attached hydrogens (tertiary/aromatic N) is 1. The Bertz CT molecular complexity index is 748. The third-order valence-electron chi connectivity index (χ3n) is 4.59. The van der Waals surface area contributed by atoms with Crippen LogP contribution >= 0.6 is 0 Å². The van der Waals surface area contributed by atoms with Crippen LogP contribution in [0.25, 0.3) is 0 Å². The van der Waals surface area contributed by atoms with Crippen molar-refractivity contribution in [1.82, 2.24) is 10.2 Å². The minimum Gasteiger partial charge on any atom is -0.469 e. The van der Waals surface area contributed by atoms with E-state index in [2.05, 4.69) is 29.6 Å². The Labute approximate surface area is 141 Å². The van der Waals surface area contributed by atoms with Crippen LogP contribution in [0.15, 0.2) is 41.0 Å². The van der Waals surface area contributed by atoms with Crippen molar-refractivity contribution in [2.75, 3.05) is 13.1 Å². The standard InChI is InChI=1S/C19H22N2O3/c1-12-4-6-15(7-5-12)17-10-21(11-18(17)20-14(3)22)19(23)16-8-9-24-13(16)2/h4-9,17-18H,10-11H2,1-3H3,(H,20,22). The lowest BCUT2D eigenvalue weighted by atomic mass is 9.93. The number of carbonyl (C=O) groups excluding carboxylic acids is 2. The summed E-state index contributed by atoms with van der Waals surface area (Å²) < 4.78 is 5.24. The van der Waals surface area contributed by atoms with Gasteiger partial charge in [0.2, 0.25) is 5.91 Å². The van der Waals surface area contributed by atoms with Crippen LogP contribution in [0.3, 0.4) is 0 Å². The number of likely N-dealkylation sites (tertiary alicyclic amines) is 1. The van der Waals surface area contributed by atoms with E-state index in [9.17, 15) is 9.59 Å². The highest BCUT2D eigenvalue weighted by molar-refractivity contribution is 5.95. The summed E-state index contributed by atoms with van der Waals surface area (Å²) in [7, 11) is 0. The first-order chi connectivity index (χ1) is 11.5. The van der Waals surface area contributed by atoms with Crippen LogP contribution in [-0.2, 0) is 4.79 Å². The van der Waals surface area contributed by atoms with Gasteiger partial charge < -0.3 is 14.6 Å². The molecular formula is C19H22N2O3. The molecule has 1 aromatic carbocycles. The molecule has 2 unspecified atom stereocenters. The number of hydrogen-bond acceptors (Lipinski definition) is 3. The summed E-state index contributed by atoms with van der Waals surface area (Å²) in [5, 5.41) is 2.99. The van der Waals surface area contributed by atoms with Crippen molar-refractivity contribution in [2.45, 2.75) is 32.7 Å². The second-order valence-electron chi connectivity index (χ2n) is 6.42. The van der Waals surface area contributed by atoms with Crippen LogP contribution in [0, 0.1) is 13.8 Å². The third-order valence-corrected chi connectivity index (χ3v) is 4.59. The normalized spacial score (nSPS) is 20.2. The van der Waals surface area contributed by atoms with Gasteiger partial charge in [-0.1, -0.05) is 29.8 Å². The lowest BCUT2D eigenvalue weighted by molar-refractivity contribution is -0.119. The lowest BCUT2D eigenvalue weighted by Gasteiger charge is -2.19. The maximum atomic E-state index is 12.7. The number of furan rings is 1. The zero-order valence-electron chi connectivity index (χ0n) is 14.2. The highest BCUT2D eigenvalue weighted by atomic mass is 16.3. The highest BCUT2D eigenvalue weighted by Gasteiger charge is 2.37. The molecule has 3 rings (SSSR count). The molecule has 1 N–H and O–H groups in total. The van der Waals surface area contributed by atoms with Crippen LogP contribution < -0.4 is 5.32 Å². The number of rotatable bonds is 3. The molecule has 2 aromatic rings. The summed E-state index contributed by atoms with van der Waals surface area (Å²) in [5.74, 6) is 0.581. The summed E-state index contributed by atoms with van der Waals surface area (Å²) in [6.07, 6.45) is 1.53. The van der Waals surface area contributed by atoms with E-state index in [1.807, 2.05) is 6.92 Å². The Morgan fingerprint density at radius 3 is 2.42 bits per heavy atom. The molecule has 126 valence electrons. The van der Waals surface area contributed by atoms with Gasteiger partial charge in [0.05, 0.1) is 17.9 Å². The van der Waals surface area contributed by atoms with E-state index in [4.69, 9.17) is 4.42 Å². The molecule has 24 heavy (non-hydrogen) atoms. The Hall–Kier alpha value is -2.56. The molecule has 0 spiro atoms. The number of aryl methyl sites for hydroxylation is 2. The first-order valence-corrected chi connectivity index (χ1v) is 8.12. The van der Waals surface area contributed by atoms with E-state index in [1.54, 1.807) is 17.9 Å². The number of nitrogens with one attached hydrogen (secondary N) is 1. The largest absolute Gasteiger partial charge is 0.469 e.